The molecule has 2 aromatic carbocycles. The van der Waals surface area contributed by atoms with Gasteiger partial charge in [-0.15, -0.1) is 0 Å². The van der Waals surface area contributed by atoms with Crippen LogP contribution in [0.4, 0.5) is 10.5 Å². The maximum absolute atomic E-state index is 12.9. The summed E-state index contributed by atoms with van der Waals surface area (Å²) in [6.45, 7) is 0.538. The molecule has 0 aliphatic heterocycles. The number of carbonyl (C=O) groups is 1. The van der Waals surface area contributed by atoms with Gasteiger partial charge in [-0.25, -0.2) is 9.59 Å². The van der Waals surface area contributed by atoms with Crippen LogP contribution in [0.15, 0.2) is 45.6 Å². The quantitative estimate of drug-likeness (QED) is 0.628. The zero-order valence-electron chi connectivity index (χ0n) is 17.5. The average Bonchev–Trinajstić information content (AvgIpc) is 2.67. The molecule has 158 valence electrons. The molecule has 3 rings (SSSR count). The summed E-state index contributed by atoms with van der Waals surface area (Å²) < 4.78 is 10.9. The molecule has 1 heterocycles. The molecule has 0 fully saturated rings. The summed E-state index contributed by atoms with van der Waals surface area (Å²) in [7, 11) is 7.05. The van der Waals surface area contributed by atoms with Crippen molar-refractivity contribution in [1.82, 2.24) is 9.80 Å². The normalized spacial score (nSPS) is 11.2. The number of rotatable bonds is 5. The van der Waals surface area contributed by atoms with Crippen LogP contribution in [0.25, 0.3) is 11.0 Å². The van der Waals surface area contributed by atoms with Crippen molar-refractivity contribution >= 4 is 34.4 Å². The Morgan fingerprint density at radius 2 is 1.87 bits per heavy atom. The van der Waals surface area contributed by atoms with Crippen LogP contribution in [0, 0.1) is 0 Å². The Bertz CT molecular complexity index is 1160. The number of nitrogens with zero attached hydrogens (tertiary/aromatic N) is 2. The average molecular weight is 431 g/mol. The molecular formula is C22H25ClN3O4+. The van der Waals surface area contributed by atoms with Crippen molar-refractivity contribution in [3.05, 3.63) is 68.5 Å². The van der Waals surface area contributed by atoms with E-state index >= 15 is 0 Å². The number of fused-ring (bicyclic) bond motifs is 1. The van der Waals surface area contributed by atoms with E-state index in [0.29, 0.717) is 40.6 Å². The fourth-order valence-corrected chi connectivity index (χ4v) is 3.37. The van der Waals surface area contributed by atoms with Crippen LogP contribution in [0.1, 0.15) is 16.7 Å². The monoisotopic (exact) mass is 430 g/mol. The Balaban J connectivity index is 2.13. The molecule has 3 aromatic rings. The number of benzene rings is 2. The first-order valence-corrected chi connectivity index (χ1v) is 9.77. The number of hydrogen-bond donors (Lipinski definition) is 1. The van der Waals surface area contributed by atoms with Crippen molar-refractivity contribution < 1.29 is 19.7 Å². The van der Waals surface area contributed by atoms with Crippen LogP contribution < -0.4 is 16.1 Å². The third kappa shape index (κ3) is 4.64. The number of quaternary nitrogens is 1. The predicted molar refractivity (Wildman–Crippen MR) is 116 cm³/mol. The number of amides is 1. The minimum atomic E-state index is -0.510. The van der Waals surface area contributed by atoms with Gasteiger partial charge in [0.2, 0.25) is 0 Å². The molecule has 0 bridgehead atoms. The van der Waals surface area contributed by atoms with E-state index in [1.165, 1.54) is 4.90 Å². The highest BCUT2D eigenvalue weighted by atomic mass is 35.5. The summed E-state index contributed by atoms with van der Waals surface area (Å²) >= 11 is 6.41. The molecule has 0 radical (unpaired) electrons. The van der Waals surface area contributed by atoms with Crippen molar-refractivity contribution in [3.8, 4) is 5.75 Å². The molecule has 7 nitrogen and oxygen atoms in total. The molecular weight excluding hydrogens is 406 g/mol. The summed E-state index contributed by atoms with van der Waals surface area (Å²) in [5.74, 6) is 0.306. The van der Waals surface area contributed by atoms with Gasteiger partial charge in [-0.1, -0.05) is 23.7 Å². The van der Waals surface area contributed by atoms with Crippen LogP contribution in [-0.4, -0.2) is 44.1 Å². The van der Waals surface area contributed by atoms with Gasteiger partial charge in [0, 0.05) is 50.1 Å². The first-order valence-electron chi connectivity index (χ1n) is 9.39. The lowest BCUT2D eigenvalue weighted by atomic mass is 9.97. The second-order valence-electron chi connectivity index (χ2n) is 7.57. The number of carbonyl (C=O) groups excluding carboxylic acids is 1. The predicted octanol–water partition coefficient (Wildman–Crippen LogP) is 3.03. The van der Waals surface area contributed by atoms with E-state index in [2.05, 4.69) is 5.73 Å². The summed E-state index contributed by atoms with van der Waals surface area (Å²) in [4.78, 5) is 28.1. The Morgan fingerprint density at radius 3 is 2.53 bits per heavy atom. The van der Waals surface area contributed by atoms with Gasteiger partial charge in [0.15, 0.2) is 0 Å². The van der Waals surface area contributed by atoms with Crippen LogP contribution in [-0.2, 0) is 13.0 Å². The molecule has 30 heavy (non-hydrogen) atoms. The molecule has 0 aliphatic rings. The Labute approximate surface area is 179 Å². The molecule has 1 aromatic heterocycles. The Kier molecular flexibility index (Phi) is 6.45. The van der Waals surface area contributed by atoms with Crippen LogP contribution in [0.3, 0.4) is 0 Å². The van der Waals surface area contributed by atoms with Gasteiger partial charge in [0.25, 0.3) is 0 Å². The maximum atomic E-state index is 12.9. The number of ether oxygens (including phenoxy) is 1. The van der Waals surface area contributed by atoms with Crippen molar-refractivity contribution in [2.45, 2.75) is 13.0 Å². The Hall–Kier alpha value is -2.87. The fourth-order valence-electron chi connectivity index (χ4n) is 3.17. The second-order valence-corrected chi connectivity index (χ2v) is 7.95. The van der Waals surface area contributed by atoms with E-state index in [9.17, 15) is 9.59 Å². The first-order chi connectivity index (χ1) is 14.2. The van der Waals surface area contributed by atoms with Crippen molar-refractivity contribution in [2.75, 3.05) is 28.2 Å². The maximum Gasteiger partial charge on any atom is 0.414 e. The lowest BCUT2D eigenvalue weighted by Gasteiger charge is -2.17. The summed E-state index contributed by atoms with van der Waals surface area (Å²) in [5, 5.41) is 1.32. The van der Waals surface area contributed by atoms with E-state index in [4.69, 9.17) is 20.8 Å². The van der Waals surface area contributed by atoms with Crippen molar-refractivity contribution in [1.29, 1.82) is 0 Å². The van der Waals surface area contributed by atoms with Gasteiger partial charge in [0.1, 0.15) is 22.0 Å². The smallest absolute Gasteiger partial charge is 0.414 e. The van der Waals surface area contributed by atoms with Gasteiger partial charge in [-0.3, -0.25) is 0 Å². The molecule has 8 heteroatoms. The van der Waals surface area contributed by atoms with Gasteiger partial charge >= 0.3 is 11.7 Å². The van der Waals surface area contributed by atoms with Crippen LogP contribution >= 0.6 is 11.6 Å². The van der Waals surface area contributed by atoms with Crippen molar-refractivity contribution in [3.63, 3.8) is 0 Å². The molecule has 0 unspecified atom stereocenters. The lowest BCUT2D eigenvalue weighted by molar-refractivity contribution is -0.254. The lowest BCUT2D eigenvalue weighted by Crippen LogP contribution is -2.40. The second kappa shape index (κ2) is 8.87. The SMILES string of the molecule is CN(C)Cc1c(Cc2cccc([NH3+])c2Cl)c(=O)oc2cc(OC(=O)N(C)C)ccc12. The van der Waals surface area contributed by atoms with Gasteiger partial charge in [-0.2, -0.15) is 0 Å². The summed E-state index contributed by atoms with van der Waals surface area (Å²) in [6, 6.07) is 10.6. The van der Waals surface area contributed by atoms with Crippen molar-refractivity contribution in [2.24, 2.45) is 0 Å². The summed E-state index contributed by atoms with van der Waals surface area (Å²) in [6.07, 6.45) is -0.175. The third-order valence-corrected chi connectivity index (χ3v) is 5.15. The van der Waals surface area contributed by atoms with E-state index in [0.717, 1.165) is 16.5 Å². The Morgan fingerprint density at radius 1 is 1.13 bits per heavy atom. The topological polar surface area (TPSA) is 90.6 Å². The van der Waals surface area contributed by atoms with Gasteiger partial charge < -0.3 is 24.7 Å². The molecule has 0 saturated heterocycles. The fraction of sp³-hybridized carbons (Fsp3) is 0.273. The highest BCUT2D eigenvalue weighted by Crippen LogP contribution is 2.29. The molecule has 1 amide bonds. The minimum Gasteiger partial charge on any atom is -0.422 e. The van der Waals surface area contributed by atoms with E-state index in [1.807, 2.05) is 37.2 Å². The summed E-state index contributed by atoms with van der Waals surface area (Å²) in [5.41, 5.74) is 6.76. The van der Waals surface area contributed by atoms with Gasteiger partial charge in [0.05, 0.1) is 0 Å². The van der Waals surface area contributed by atoms with E-state index < -0.39 is 11.7 Å². The molecule has 0 saturated carbocycles. The van der Waals surface area contributed by atoms with E-state index in [1.54, 1.807) is 32.3 Å². The highest BCUT2D eigenvalue weighted by molar-refractivity contribution is 6.33. The molecule has 0 atom stereocenters. The third-order valence-electron chi connectivity index (χ3n) is 4.66. The van der Waals surface area contributed by atoms with E-state index in [-0.39, 0.29) is 0 Å². The number of hydrogen-bond acceptors (Lipinski definition) is 5. The minimum absolute atomic E-state index is 0.306. The first kappa shape index (κ1) is 21.8. The molecule has 0 aliphatic carbocycles. The largest absolute Gasteiger partial charge is 0.422 e. The zero-order valence-corrected chi connectivity index (χ0v) is 18.2. The molecule has 0 spiro atoms. The number of halogens is 1. The molecule has 3 N–H and O–H groups in total. The standard InChI is InChI=1S/C22H24ClN3O4/c1-25(2)12-17-15-9-8-14(29-22(28)26(3)4)11-19(15)30-21(27)16(17)10-13-6-5-7-18(24)20(13)23/h5-9,11H,10,12,24H2,1-4H3/p+1. The van der Waals surface area contributed by atoms with Gasteiger partial charge in [-0.05, 0) is 37.4 Å². The zero-order chi connectivity index (χ0) is 22.0. The highest BCUT2D eigenvalue weighted by Gasteiger charge is 2.19. The van der Waals surface area contributed by atoms with Crippen LogP contribution in [0.5, 0.6) is 5.75 Å². The van der Waals surface area contributed by atoms with Crippen LogP contribution in [0.2, 0.25) is 5.02 Å².